The maximum atomic E-state index is 12.1. The van der Waals surface area contributed by atoms with Crippen LogP contribution in [0.5, 0.6) is 0 Å². The average Bonchev–Trinajstić information content (AvgIpc) is 2.61. The van der Waals surface area contributed by atoms with Crippen LogP contribution in [0.25, 0.3) is 6.08 Å². The van der Waals surface area contributed by atoms with Crippen molar-refractivity contribution in [3.05, 3.63) is 70.3 Å². The number of carbonyl (C=O) groups is 2. The molecule has 3 amide bonds. The number of amides is 3. The number of nitrogens with zero attached hydrogens (tertiary/aromatic N) is 1. The van der Waals surface area contributed by atoms with E-state index in [0.717, 1.165) is 0 Å². The number of nitrogens with one attached hydrogen (secondary N) is 3. The highest BCUT2D eigenvalue weighted by molar-refractivity contribution is 6.05. The minimum Gasteiger partial charge on any atom is -0.336 e. The standard InChI is InChI=1S/C19H20N4O4/c1-13(2)20-19(25)22-17-6-4-3-5-16(17)21-18(24)12-9-14-7-10-15(11-8-14)23(26)27/h3-13H,1-2H3,(H,21,24)(H2,20,22,25)/b12-9+. The van der Waals surface area contributed by atoms with Crippen LogP contribution >= 0.6 is 0 Å². The second kappa shape index (κ2) is 9.14. The quantitative estimate of drug-likeness (QED) is 0.409. The smallest absolute Gasteiger partial charge is 0.319 e. The molecule has 0 aliphatic heterocycles. The molecule has 8 heteroatoms. The number of nitro groups is 1. The fourth-order valence-electron chi connectivity index (χ4n) is 2.18. The summed E-state index contributed by atoms with van der Waals surface area (Å²) in [7, 11) is 0. The van der Waals surface area contributed by atoms with Gasteiger partial charge in [0.15, 0.2) is 0 Å². The Morgan fingerprint density at radius 3 is 2.15 bits per heavy atom. The largest absolute Gasteiger partial charge is 0.336 e. The van der Waals surface area contributed by atoms with Crippen molar-refractivity contribution in [2.24, 2.45) is 0 Å². The predicted molar refractivity (Wildman–Crippen MR) is 104 cm³/mol. The Morgan fingerprint density at radius 1 is 1.00 bits per heavy atom. The van der Waals surface area contributed by atoms with Gasteiger partial charge in [-0.3, -0.25) is 14.9 Å². The van der Waals surface area contributed by atoms with E-state index in [1.54, 1.807) is 42.5 Å². The molecule has 0 bridgehead atoms. The zero-order valence-electron chi connectivity index (χ0n) is 14.9. The molecule has 0 saturated carbocycles. The number of nitro benzene ring substituents is 1. The number of rotatable bonds is 6. The summed E-state index contributed by atoms with van der Waals surface area (Å²) in [6.07, 6.45) is 2.85. The lowest BCUT2D eigenvalue weighted by Gasteiger charge is -2.13. The van der Waals surface area contributed by atoms with Gasteiger partial charge in [-0.15, -0.1) is 0 Å². The van der Waals surface area contributed by atoms with Gasteiger partial charge in [-0.1, -0.05) is 12.1 Å². The van der Waals surface area contributed by atoms with Crippen molar-refractivity contribution >= 4 is 35.1 Å². The molecule has 2 rings (SSSR count). The third kappa shape index (κ3) is 6.28. The van der Waals surface area contributed by atoms with Crippen molar-refractivity contribution < 1.29 is 14.5 Å². The van der Waals surface area contributed by atoms with E-state index in [2.05, 4.69) is 16.0 Å². The van der Waals surface area contributed by atoms with Crippen LogP contribution in [0.1, 0.15) is 19.4 Å². The highest BCUT2D eigenvalue weighted by Crippen LogP contribution is 2.21. The fourth-order valence-corrected chi connectivity index (χ4v) is 2.18. The molecule has 0 fully saturated rings. The zero-order chi connectivity index (χ0) is 19.8. The molecule has 0 aromatic heterocycles. The second-order valence-electron chi connectivity index (χ2n) is 5.97. The van der Waals surface area contributed by atoms with Gasteiger partial charge in [0.1, 0.15) is 0 Å². The van der Waals surface area contributed by atoms with Crippen molar-refractivity contribution in [1.29, 1.82) is 0 Å². The van der Waals surface area contributed by atoms with Crippen LogP contribution in [0.4, 0.5) is 21.9 Å². The summed E-state index contributed by atoms with van der Waals surface area (Å²) in [6.45, 7) is 3.69. The van der Waals surface area contributed by atoms with E-state index in [1.165, 1.54) is 18.2 Å². The van der Waals surface area contributed by atoms with E-state index in [-0.39, 0.29) is 17.8 Å². The molecule has 2 aromatic rings. The van der Waals surface area contributed by atoms with Crippen LogP contribution in [0, 0.1) is 10.1 Å². The average molecular weight is 368 g/mol. The summed E-state index contributed by atoms with van der Waals surface area (Å²) in [5, 5.41) is 18.7. The molecule has 0 atom stereocenters. The van der Waals surface area contributed by atoms with Gasteiger partial charge in [-0.05, 0) is 49.8 Å². The molecule has 27 heavy (non-hydrogen) atoms. The number of non-ortho nitro benzene ring substituents is 1. The maximum absolute atomic E-state index is 12.1. The third-order valence-corrected chi connectivity index (χ3v) is 3.38. The van der Waals surface area contributed by atoms with E-state index < -0.39 is 10.8 Å². The van der Waals surface area contributed by atoms with Gasteiger partial charge < -0.3 is 16.0 Å². The Labute approximate surface area is 156 Å². The first-order chi connectivity index (χ1) is 12.8. The number of para-hydroxylation sites is 2. The van der Waals surface area contributed by atoms with Crippen molar-refractivity contribution in [3.63, 3.8) is 0 Å². The van der Waals surface area contributed by atoms with Gasteiger partial charge in [0, 0.05) is 24.3 Å². The van der Waals surface area contributed by atoms with Gasteiger partial charge in [-0.2, -0.15) is 0 Å². The topological polar surface area (TPSA) is 113 Å². The van der Waals surface area contributed by atoms with Crippen molar-refractivity contribution in [2.45, 2.75) is 19.9 Å². The SMILES string of the molecule is CC(C)NC(=O)Nc1ccccc1NC(=O)/C=C/c1ccc([N+](=O)[O-])cc1. The van der Waals surface area contributed by atoms with Crippen LogP contribution in [0.2, 0.25) is 0 Å². The van der Waals surface area contributed by atoms with Crippen molar-refractivity contribution in [2.75, 3.05) is 10.6 Å². The summed E-state index contributed by atoms with van der Waals surface area (Å²) in [5.74, 6) is -0.396. The Kier molecular flexibility index (Phi) is 6.65. The van der Waals surface area contributed by atoms with E-state index in [0.29, 0.717) is 16.9 Å². The Bertz CT molecular complexity index is 860. The molecule has 0 spiro atoms. The summed E-state index contributed by atoms with van der Waals surface area (Å²) in [5.41, 5.74) is 1.55. The number of urea groups is 1. The Morgan fingerprint density at radius 2 is 1.59 bits per heavy atom. The van der Waals surface area contributed by atoms with Gasteiger partial charge in [0.2, 0.25) is 5.91 Å². The number of anilines is 2. The molecule has 0 saturated heterocycles. The van der Waals surface area contributed by atoms with Gasteiger partial charge >= 0.3 is 6.03 Å². The molecule has 140 valence electrons. The molecule has 2 aromatic carbocycles. The van der Waals surface area contributed by atoms with Gasteiger partial charge in [0.25, 0.3) is 5.69 Å². The van der Waals surface area contributed by atoms with Crippen LogP contribution in [-0.2, 0) is 4.79 Å². The highest BCUT2D eigenvalue weighted by Gasteiger charge is 2.09. The molecule has 8 nitrogen and oxygen atoms in total. The lowest BCUT2D eigenvalue weighted by Crippen LogP contribution is -2.34. The molecular formula is C19H20N4O4. The van der Waals surface area contributed by atoms with Gasteiger partial charge in [0.05, 0.1) is 16.3 Å². The Balaban J connectivity index is 2.03. The number of carbonyl (C=O) groups excluding carboxylic acids is 2. The molecule has 0 unspecified atom stereocenters. The number of hydrogen-bond acceptors (Lipinski definition) is 4. The zero-order valence-corrected chi connectivity index (χ0v) is 14.9. The lowest BCUT2D eigenvalue weighted by molar-refractivity contribution is -0.384. The minimum atomic E-state index is -0.487. The summed E-state index contributed by atoms with van der Waals surface area (Å²) >= 11 is 0. The monoisotopic (exact) mass is 368 g/mol. The van der Waals surface area contributed by atoms with Crippen molar-refractivity contribution in [1.82, 2.24) is 5.32 Å². The molecular weight excluding hydrogens is 348 g/mol. The van der Waals surface area contributed by atoms with Crippen LogP contribution in [-0.4, -0.2) is 22.9 Å². The van der Waals surface area contributed by atoms with E-state index >= 15 is 0 Å². The lowest BCUT2D eigenvalue weighted by atomic mass is 10.2. The first-order valence-electron chi connectivity index (χ1n) is 8.25. The highest BCUT2D eigenvalue weighted by atomic mass is 16.6. The van der Waals surface area contributed by atoms with Crippen LogP contribution < -0.4 is 16.0 Å². The van der Waals surface area contributed by atoms with E-state index in [4.69, 9.17) is 0 Å². The summed E-state index contributed by atoms with van der Waals surface area (Å²) < 4.78 is 0. The predicted octanol–water partition coefficient (Wildman–Crippen LogP) is 3.78. The first-order valence-corrected chi connectivity index (χ1v) is 8.25. The van der Waals surface area contributed by atoms with Crippen LogP contribution in [0.15, 0.2) is 54.6 Å². The molecule has 0 heterocycles. The number of benzene rings is 2. The van der Waals surface area contributed by atoms with E-state index in [9.17, 15) is 19.7 Å². The fraction of sp³-hybridized carbons (Fsp3) is 0.158. The molecule has 3 N–H and O–H groups in total. The summed E-state index contributed by atoms with van der Waals surface area (Å²) in [4.78, 5) is 34.1. The Hall–Kier alpha value is -3.68. The molecule has 0 radical (unpaired) electrons. The molecule has 0 aliphatic rings. The normalized spacial score (nSPS) is 10.6. The van der Waals surface area contributed by atoms with E-state index in [1.807, 2.05) is 13.8 Å². The second-order valence-corrected chi connectivity index (χ2v) is 5.97. The molecule has 0 aliphatic carbocycles. The van der Waals surface area contributed by atoms with Crippen molar-refractivity contribution in [3.8, 4) is 0 Å². The first kappa shape index (κ1) is 19.6. The minimum absolute atomic E-state index is 0.0172. The van der Waals surface area contributed by atoms with Crippen LogP contribution in [0.3, 0.4) is 0 Å². The number of hydrogen-bond donors (Lipinski definition) is 3. The third-order valence-electron chi connectivity index (χ3n) is 3.38. The van der Waals surface area contributed by atoms with Gasteiger partial charge in [-0.25, -0.2) is 4.79 Å². The summed E-state index contributed by atoms with van der Waals surface area (Å²) in [6, 6.07) is 12.3. The maximum Gasteiger partial charge on any atom is 0.319 e.